The van der Waals surface area contributed by atoms with E-state index in [4.69, 9.17) is 10.2 Å². The lowest BCUT2D eigenvalue weighted by molar-refractivity contribution is 0.102. The van der Waals surface area contributed by atoms with Crippen molar-refractivity contribution in [3.8, 4) is 11.6 Å². The molecule has 0 atom stereocenters. The van der Waals surface area contributed by atoms with Crippen molar-refractivity contribution < 1.29 is 9.21 Å². The number of hydrogen-bond donors (Lipinski definition) is 3. The van der Waals surface area contributed by atoms with Crippen molar-refractivity contribution in [3.05, 3.63) is 78.3 Å². The number of nitrogens with two attached hydrogens (primary N) is 1. The van der Waals surface area contributed by atoms with E-state index in [-0.39, 0.29) is 11.9 Å². The monoisotopic (exact) mass is 441 g/mol. The molecule has 164 valence electrons. The van der Waals surface area contributed by atoms with E-state index in [0.29, 0.717) is 41.1 Å². The summed E-state index contributed by atoms with van der Waals surface area (Å²) >= 11 is 0. The van der Waals surface area contributed by atoms with Crippen molar-refractivity contribution in [3.63, 3.8) is 0 Å². The van der Waals surface area contributed by atoms with E-state index >= 15 is 0 Å². The minimum Gasteiger partial charge on any atom is -0.461 e. The highest BCUT2D eigenvalue weighted by Gasteiger charge is 2.13. The van der Waals surface area contributed by atoms with Crippen molar-refractivity contribution in [2.75, 3.05) is 22.9 Å². The lowest BCUT2D eigenvalue weighted by atomic mass is 10.1. The third-order valence-corrected chi connectivity index (χ3v) is 4.81. The summed E-state index contributed by atoms with van der Waals surface area (Å²) in [6.07, 6.45) is 5.42. The van der Waals surface area contributed by atoms with E-state index in [1.165, 1.54) is 10.7 Å². The maximum Gasteiger partial charge on any atom is 0.259 e. The molecule has 5 aromatic rings. The first-order valence-corrected chi connectivity index (χ1v) is 10.1. The summed E-state index contributed by atoms with van der Waals surface area (Å²) in [5.74, 6) is 1.56. The van der Waals surface area contributed by atoms with Crippen molar-refractivity contribution in [2.24, 2.45) is 0 Å². The lowest BCUT2D eigenvalue weighted by Gasteiger charge is -2.08. The molecule has 0 spiro atoms. The van der Waals surface area contributed by atoms with Crippen molar-refractivity contribution in [1.29, 1.82) is 0 Å². The van der Waals surface area contributed by atoms with Gasteiger partial charge >= 0.3 is 0 Å². The van der Waals surface area contributed by atoms with Gasteiger partial charge in [-0.25, -0.2) is 0 Å². The zero-order valence-electron chi connectivity index (χ0n) is 17.3. The summed E-state index contributed by atoms with van der Waals surface area (Å²) in [4.78, 5) is 29.1. The molecule has 5 rings (SSSR count). The Balaban J connectivity index is 1.19. The van der Waals surface area contributed by atoms with E-state index in [0.717, 1.165) is 12.0 Å². The molecule has 0 bridgehead atoms. The highest BCUT2D eigenvalue weighted by atomic mass is 16.3. The quantitative estimate of drug-likeness (QED) is 0.346. The summed E-state index contributed by atoms with van der Waals surface area (Å²) in [5.41, 5.74) is 8.30. The molecule has 11 nitrogen and oxygen atoms in total. The molecule has 11 heteroatoms. The summed E-state index contributed by atoms with van der Waals surface area (Å²) in [5, 5.41) is 10.3. The van der Waals surface area contributed by atoms with E-state index in [2.05, 4.69) is 35.7 Å². The molecule has 0 aliphatic rings. The Labute approximate surface area is 187 Å². The Morgan fingerprint density at radius 3 is 2.70 bits per heavy atom. The van der Waals surface area contributed by atoms with Crippen LogP contribution < -0.4 is 16.4 Å². The van der Waals surface area contributed by atoms with Crippen LogP contribution in [0.15, 0.2) is 71.6 Å². The second-order valence-electron chi connectivity index (χ2n) is 7.10. The molecule has 0 saturated heterocycles. The number of carbonyl (C=O) groups excluding carboxylic acids is 1. The molecule has 4 N–H and O–H groups in total. The summed E-state index contributed by atoms with van der Waals surface area (Å²) in [7, 11) is 0. The van der Waals surface area contributed by atoms with Gasteiger partial charge in [0.05, 0.1) is 11.8 Å². The zero-order valence-corrected chi connectivity index (χ0v) is 17.3. The van der Waals surface area contributed by atoms with Crippen LogP contribution >= 0.6 is 0 Å². The van der Waals surface area contributed by atoms with Gasteiger partial charge in [0.2, 0.25) is 17.7 Å². The molecule has 0 aliphatic carbocycles. The number of carbonyl (C=O) groups is 1. The minimum absolute atomic E-state index is 0.168. The van der Waals surface area contributed by atoms with Gasteiger partial charge in [-0.05, 0) is 48.4 Å². The number of aromatic nitrogens is 6. The van der Waals surface area contributed by atoms with Gasteiger partial charge in [-0.15, -0.1) is 5.10 Å². The number of nitrogens with zero attached hydrogens (tertiary/aromatic N) is 6. The predicted octanol–water partition coefficient (Wildman–Crippen LogP) is 2.66. The average Bonchev–Trinajstić information content (AvgIpc) is 3.51. The molecule has 4 aromatic heterocycles. The highest BCUT2D eigenvalue weighted by molar-refractivity contribution is 6.04. The first kappa shape index (κ1) is 20.1. The Bertz CT molecular complexity index is 1380. The van der Waals surface area contributed by atoms with E-state index in [1.54, 1.807) is 36.7 Å². The number of pyridine rings is 1. The molecule has 0 aliphatic heterocycles. The van der Waals surface area contributed by atoms with Crippen LogP contribution in [0.1, 0.15) is 15.9 Å². The SMILES string of the molecule is Nc1nc(NCCc2ccc(NC(=O)c3cccnc3)cc2)nc2nc(-c3ccco3)nn12. The smallest absolute Gasteiger partial charge is 0.259 e. The normalized spacial score (nSPS) is 10.9. The fraction of sp³-hybridized carbons (Fsp3) is 0.0909. The number of hydrogen-bond acceptors (Lipinski definition) is 9. The van der Waals surface area contributed by atoms with Crippen LogP contribution in [0.5, 0.6) is 0 Å². The fourth-order valence-corrected chi connectivity index (χ4v) is 3.17. The maximum absolute atomic E-state index is 12.2. The van der Waals surface area contributed by atoms with Gasteiger partial charge in [-0.2, -0.15) is 19.5 Å². The van der Waals surface area contributed by atoms with Crippen LogP contribution in [0.25, 0.3) is 17.4 Å². The topological polar surface area (TPSA) is 149 Å². The van der Waals surface area contributed by atoms with Crippen LogP contribution in [0, 0.1) is 0 Å². The zero-order chi connectivity index (χ0) is 22.6. The first-order chi connectivity index (χ1) is 16.2. The van der Waals surface area contributed by atoms with Crippen LogP contribution in [-0.2, 0) is 6.42 Å². The number of nitrogens with one attached hydrogen (secondary N) is 2. The number of benzene rings is 1. The maximum atomic E-state index is 12.2. The molecule has 33 heavy (non-hydrogen) atoms. The predicted molar refractivity (Wildman–Crippen MR) is 122 cm³/mol. The number of nitrogen functional groups attached to an aromatic ring is 1. The third kappa shape index (κ3) is 4.46. The Hall–Kier alpha value is -4.80. The van der Waals surface area contributed by atoms with Gasteiger partial charge < -0.3 is 20.8 Å². The van der Waals surface area contributed by atoms with Gasteiger partial charge in [-0.1, -0.05) is 12.1 Å². The van der Waals surface area contributed by atoms with Gasteiger partial charge in [0, 0.05) is 24.6 Å². The van der Waals surface area contributed by atoms with Gasteiger partial charge in [0.15, 0.2) is 5.76 Å². The number of anilines is 3. The van der Waals surface area contributed by atoms with Crippen molar-refractivity contribution >= 4 is 29.3 Å². The van der Waals surface area contributed by atoms with Crippen molar-refractivity contribution in [1.82, 2.24) is 29.5 Å². The lowest BCUT2D eigenvalue weighted by Crippen LogP contribution is -2.13. The fourth-order valence-electron chi connectivity index (χ4n) is 3.17. The molecular formula is C22H19N9O2. The molecule has 1 aromatic carbocycles. The Kier molecular flexibility index (Phi) is 5.33. The standard InChI is InChI=1S/C22H19N9O2/c23-20-28-21(29-22-27-18(30-31(20)22)17-4-2-12-33-17)25-11-9-14-5-7-16(8-6-14)26-19(32)15-3-1-10-24-13-15/h1-8,10,12-13H,9,11H2,(H,26,32)(H3,23,25,27,28,29,30). The second-order valence-corrected chi connectivity index (χ2v) is 7.10. The van der Waals surface area contributed by atoms with Crippen LogP contribution in [0.2, 0.25) is 0 Å². The van der Waals surface area contributed by atoms with Gasteiger partial charge in [-0.3, -0.25) is 9.78 Å². The molecule has 0 saturated carbocycles. The highest BCUT2D eigenvalue weighted by Crippen LogP contribution is 2.18. The Morgan fingerprint density at radius 1 is 1.06 bits per heavy atom. The molecule has 0 unspecified atom stereocenters. The largest absolute Gasteiger partial charge is 0.461 e. The number of rotatable bonds is 7. The number of fused-ring (bicyclic) bond motifs is 1. The summed E-state index contributed by atoms with van der Waals surface area (Å²) < 4.78 is 6.68. The van der Waals surface area contributed by atoms with Crippen molar-refractivity contribution in [2.45, 2.75) is 6.42 Å². The molecular weight excluding hydrogens is 422 g/mol. The summed E-state index contributed by atoms with van der Waals surface area (Å²) in [6, 6.07) is 14.6. The van der Waals surface area contributed by atoms with Gasteiger partial charge in [0.1, 0.15) is 0 Å². The third-order valence-electron chi connectivity index (χ3n) is 4.81. The minimum atomic E-state index is -0.202. The molecule has 1 amide bonds. The van der Waals surface area contributed by atoms with Crippen LogP contribution in [0.3, 0.4) is 0 Å². The van der Waals surface area contributed by atoms with E-state index in [1.807, 2.05) is 24.3 Å². The van der Waals surface area contributed by atoms with Crippen LogP contribution in [0.4, 0.5) is 17.6 Å². The Morgan fingerprint density at radius 2 is 1.94 bits per heavy atom. The average molecular weight is 441 g/mol. The number of furan rings is 1. The second kappa shape index (κ2) is 8.75. The first-order valence-electron chi connectivity index (χ1n) is 10.1. The van der Waals surface area contributed by atoms with Gasteiger partial charge in [0.25, 0.3) is 11.7 Å². The van der Waals surface area contributed by atoms with E-state index < -0.39 is 0 Å². The molecule has 0 radical (unpaired) electrons. The van der Waals surface area contributed by atoms with Crippen LogP contribution in [-0.4, -0.2) is 42.0 Å². The molecule has 4 heterocycles. The van der Waals surface area contributed by atoms with E-state index in [9.17, 15) is 4.79 Å². The number of amides is 1. The summed E-state index contributed by atoms with van der Waals surface area (Å²) in [6.45, 7) is 0.580. The molecule has 0 fully saturated rings.